The minimum atomic E-state index is -3.25. The van der Waals surface area contributed by atoms with Gasteiger partial charge >= 0.3 is 0 Å². The Morgan fingerprint density at radius 2 is 2.02 bits per heavy atom. The number of nitrogens with one attached hydrogen (secondary N) is 3. The van der Waals surface area contributed by atoms with Crippen molar-refractivity contribution in [2.45, 2.75) is 46.7 Å². The van der Waals surface area contributed by atoms with Crippen LogP contribution in [0.4, 0.5) is 5.69 Å². The van der Waals surface area contributed by atoms with E-state index < -0.39 is 21.3 Å². The van der Waals surface area contributed by atoms with Gasteiger partial charge in [-0.05, 0) is 57.4 Å². The number of rotatable bonds is 9. The fourth-order valence-corrected chi connectivity index (χ4v) is 6.86. The van der Waals surface area contributed by atoms with Gasteiger partial charge in [-0.2, -0.15) is 4.31 Å². The van der Waals surface area contributed by atoms with Crippen molar-refractivity contribution in [2.24, 2.45) is 0 Å². The van der Waals surface area contributed by atoms with Crippen LogP contribution in [0.3, 0.4) is 0 Å². The highest BCUT2D eigenvalue weighted by Crippen LogP contribution is 2.35. The molecule has 0 spiro atoms. The second kappa shape index (κ2) is 11.2. The molecule has 3 aromatic heterocycles. The maximum Gasteiger partial charge on any atom is 0.232 e. The normalized spacial score (nSPS) is 17.1. The van der Waals surface area contributed by atoms with E-state index in [0.29, 0.717) is 47.2 Å². The zero-order chi connectivity index (χ0) is 28.8. The van der Waals surface area contributed by atoms with Gasteiger partial charge in [-0.15, -0.1) is 0 Å². The standard InChI is InChI=1S/C26H32ClN7O4S2/c1-5-40(37,38)33-9-8-19(14-33)30-23-21(27)13-28-26-24(23)31-25(32-26)20-10-16(3)34(17(20)4)22-11-18(7-6-15(22)2)12-29-39(35)36/h6-7,10-11,13,19,29H,5,8-9,12,14H2,1-4H3,(H,35,36)(H2,28,30,31,32)/t19-/m0/s1. The largest absolute Gasteiger partial charge is 0.378 e. The lowest BCUT2D eigenvalue weighted by Crippen LogP contribution is -2.32. The van der Waals surface area contributed by atoms with Crippen LogP contribution in [-0.4, -0.2) is 65.9 Å². The van der Waals surface area contributed by atoms with Gasteiger partial charge in [0.2, 0.25) is 21.3 Å². The van der Waals surface area contributed by atoms with Crippen LogP contribution in [0.1, 0.15) is 35.9 Å². The molecule has 1 aromatic carbocycles. The molecule has 11 nitrogen and oxygen atoms in total. The summed E-state index contributed by atoms with van der Waals surface area (Å²) in [5.41, 5.74) is 7.59. The van der Waals surface area contributed by atoms with Gasteiger partial charge in [0, 0.05) is 48.3 Å². The first-order valence-electron chi connectivity index (χ1n) is 12.9. The van der Waals surface area contributed by atoms with Crippen molar-refractivity contribution < 1.29 is 17.2 Å². The molecule has 214 valence electrons. The molecule has 0 amide bonds. The molecule has 0 radical (unpaired) electrons. The molecule has 5 rings (SSSR count). The van der Waals surface area contributed by atoms with Crippen molar-refractivity contribution in [3.05, 3.63) is 58.0 Å². The molecular weight excluding hydrogens is 574 g/mol. The molecule has 0 saturated carbocycles. The van der Waals surface area contributed by atoms with Crippen LogP contribution in [0.2, 0.25) is 5.02 Å². The Bertz CT molecular complexity index is 1720. The van der Waals surface area contributed by atoms with E-state index >= 15 is 0 Å². The first kappa shape index (κ1) is 28.7. The minimum Gasteiger partial charge on any atom is -0.378 e. The Hall–Kier alpha value is -2.81. The summed E-state index contributed by atoms with van der Waals surface area (Å²) in [4.78, 5) is 12.6. The second-order valence-electron chi connectivity index (χ2n) is 9.96. The fraction of sp³-hybridized carbons (Fsp3) is 0.385. The number of anilines is 1. The maximum absolute atomic E-state index is 12.3. The van der Waals surface area contributed by atoms with Crippen molar-refractivity contribution in [1.29, 1.82) is 0 Å². The lowest BCUT2D eigenvalue weighted by atomic mass is 10.1. The number of H-pyrrole nitrogens is 1. The molecule has 0 bridgehead atoms. The molecule has 40 heavy (non-hydrogen) atoms. The number of halogens is 1. The first-order valence-corrected chi connectivity index (χ1v) is 16.0. The third kappa shape index (κ3) is 5.54. The Balaban J connectivity index is 1.49. The summed E-state index contributed by atoms with van der Waals surface area (Å²) in [6.45, 7) is 8.81. The number of pyridine rings is 1. The van der Waals surface area contributed by atoms with Gasteiger partial charge in [-0.25, -0.2) is 27.3 Å². The molecule has 1 aliphatic heterocycles. The van der Waals surface area contributed by atoms with Crippen molar-refractivity contribution in [3.63, 3.8) is 0 Å². The van der Waals surface area contributed by atoms with Gasteiger partial charge in [0.15, 0.2) is 5.65 Å². The van der Waals surface area contributed by atoms with Crippen LogP contribution in [0, 0.1) is 20.8 Å². The van der Waals surface area contributed by atoms with Crippen molar-refractivity contribution >= 4 is 49.7 Å². The van der Waals surface area contributed by atoms with Gasteiger partial charge in [0.1, 0.15) is 11.3 Å². The highest BCUT2D eigenvalue weighted by molar-refractivity contribution is 7.89. The summed E-state index contributed by atoms with van der Waals surface area (Å²) in [5.74, 6) is 0.715. The zero-order valence-electron chi connectivity index (χ0n) is 22.7. The molecule has 1 unspecified atom stereocenters. The predicted molar refractivity (Wildman–Crippen MR) is 159 cm³/mol. The lowest BCUT2D eigenvalue weighted by Gasteiger charge is -2.17. The van der Waals surface area contributed by atoms with E-state index in [-0.39, 0.29) is 18.3 Å². The number of aromatic amines is 1. The molecule has 4 aromatic rings. The quantitative estimate of drug-likeness (QED) is 0.211. The Labute approximate surface area is 240 Å². The van der Waals surface area contributed by atoms with E-state index in [0.717, 1.165) is 33.8 Å². The number of benzene rings is 1. The number of aromatic nitrogens is 4. The van der Waals surface area contributed by atoms with Crippen LogP contribution < -0.4 is 10.0 Å². The number of hydrogen-bond acceptors (Lipinski definition) is 6. The number of aryl methyl sites for hydroxylation is 2. The Kier molecular flexibility index (Phi) is 8.06. The van der Waals surface area contributed by atoms with E-state index in [1.54, 1.807) is 13.1 Å². The maximum atomic E-state index is 12.3. The highest BCUT2D eigenvalue weighted by Gasteiger charge is 2.31. The zero-order valence-corrected chi connectivity index (χ0v) is 25.0. The average Bonchev–Trinajstić information content (AvgIpc) is 3.63. The number of hydrogen-bond donors (Lipinski definition) is 4. The molecule has 4 heterocycles. The summed E-state index contributed by atoms with van der Waals surface area (Å²) < 4.78 is 51.0. The van der Waals surface area contributed by atoms with Crippen molar-refractivity contribution in [1.82, 2.24) is 28.5 Å². The van der Waals surface area contributed by atoms with Gasteiger partial charge in [-0.1, -0.05) is 23.7 Å². The van der Waals surface area contributed by atoms with Crippen LogP contribution >= 0.6 is 11.6 Å². The third-order valence-corrected chi connectivity index (χ3v) is 9.86. The molecular formula is C26H32ClN7O4S2. The van der Waals surface area contributed by atoms with E-state index in [2.05, 4.69) is 30.6 Å². The topological polar surface area (TPSA) is 145 Å². The summed E-state index contributed by atoms with van der Waals surface area (Å²) in [5, 5.41) is 3.86. The van der Waals surface area contributed by atoms with Crippen molar-refractivity contribution in [3.8, 4) is 17.1 Å². The van der Waals surface area contributed by atoms with E-state index in [9.17, 15) is 12.6 Å². The van der Waals surface area contributed by atoms with Crippen LogP contribution in [0.25, 0.3) is 28.2 Å². The van der Waals surface area contributed by atoms with Gasteiger partial charge in [0.25, 0.3) is 0 Å². The summed E-state index contributed by atoms with van der Waals surface area (Å²) in [7, 11) is -3.25. The first-order chi connectivity index (χ1) is 19.0. The van der Waals surface area contributed by atoms with Crippen molar-refractivity contribution in [2.75, 3.05) is 24.2 Å². The number of fused-ring (bicyclic) bond motifs is 1. The predicted octanol–water partition coefficient (Wildman–Crippen LogP) is 4.06. The van der Waals surface area contributed by atoms with Crippen LogP contribution in [0.5, 0.6) is 0 Å². The minimum absolute atomic E-state index is 0.0760. The number of imidazole rings is 1. The monoisotopic (exact) mass is 605 g/mol. The molecule has 4 N–H and O–H groups in total. The Morgan fingerprint density at radius 1 is 1.25 bits per heavy atom. The molecule has 1 fully saturated rings. The van der Waals surface area contributed by atoms with E-state index in [4.69, 9.17) is 21.1 Å². The number of nitrogens with zero attached hydrogens (tertiary/aromatic N) is 4. The van der Waals surface area contributed by atoms with Crippen LogP contribution in [0.15, 0.2) is 30.5 Å². The van der Waals surface area contributed by atoms with E-state index in [1.807, 2.05) is 39.0 Å². The van der Waals surface area contributed by atoms with Gasteiger partial charge < -0.3 is 14.9 Å². The molecule has 14 heteroatoms. The lowest BCUT2D eigenvalue weighted by molar-refractivity contribution is 0.476. The second-order valence-corrected chi connectivity index (χ2v) is 13.4. The summed E-state index contributed by atoms with van der Waals surface area (Å²) in [6.07, 6.45) is 2.22. The molecule has 2 atom stereocenters. The summed E-state index contributed by atoms with van der Waals surface area (Å²) >= 11 is 4.47. The van der Waals surface area contributed by atoms with Gasteiger partial charge in [-0.3, -0.25) is 4.55 Å². The summed E-state index contributed by atoms with van der Waals surface area (Å²) in [6, 6.07) is 7.89. The Morgan fingerprint density at radius 3 is 2.75 bits per heavy atom. The van der Waals surface area contributed by atoms with Crippen LogP contribution in [-0.2, 0) is 27.8 Å². The van der Waals surface area contributed by atoms with E-state index in [1.165, 1.54) is 4.31 Å². The number of sulfonamides is 1. The fourth-order valence-electron chi connectivity index (χ4n) is 5.21. The molecule has 1 aliphatic rings. The molecule has 0 aliphatic carbocycles. The average molecular weight is 606 g/mol. The SMILES string of the molecule is CCS(=O)(=O)N1CC[C@H](Nc2c(Cl)cnc3nc(-c4cc(C)n(-c5cc(CNS(=O)O)ccc5C)c4C)[nH]c23)C1. The third-order valence-electron chi connectivity index (χ3n) is 7.33. The molecule has 1 saturated heterocycles. The smallest absolute Gasteiger partial charge is 0.232 e. The highest BCUT2D eigenvalue weighted by atomic mass is 35.5. The van der Waals surface area contributed by atoms with Gasteiger partial charge in [0.05, 0.1) is 22.7 Å².